The summed E-state index contributed by atoms with van der Waals surface area (Å²) in [6.45, 7) is 2.01. The molecule has 1 aromatic rings. The monoisotopic (exact) mass is 310 g/mol. The zero-order valence-corrected chi connectivity index (χ0v) is 12.7. The van der Waals surface area contributed by atoms with Gasteiger partial charge in [-0.3, -0.25) is 14.9 Å². The van der Waals surface area contributed by atoms with E-state index in [0.717, 1.165) is 11.8 Å². The van der Waals surface area contributed by atoms with Crippen molar-refractivity contribution in [1.29, 1.82) is 0 Å². The molecule has 0 radical (unpaired) electrons. The van der Waals surface area contributed by atoms with Crippen LogP contribution in [0.25, 0.3) is 0 Å². The van der Waals surface area contributed by atoms with Crippen LogP contribution in [-0.4, -0.2) is 37.3 Å². The standard InChI is InChI=1S/C14H18N2O4S/c1-3-20-11(17)9-21-12(10-7-5-4-6-8-10)13(18)16-14(19)15-2/h4-8,12H,3,9H2,1-2H3,(H2,15,16,18,19). The maximum atomic E-state index is 12.1. The van der Waals surface area contributed by atoms with E-state index in [1.165, 1.54) is 7.05 Å². The van der Waals surface area contributed by atoms with Crippen LogP contribution in [0.15, 0.2) is 30.3 Å². The van der Waals surface area contributed by atoms with Crippen LogP contribution in [0, 0.1) is 0 Å². The molecule has 0 bridgehead atoms. The number of urea groups is 1. The van der Waals surface area contributed by atoms with E-state index in [0.29, 0.717) is 12.2 Å². The van der Waals surface area contributed by atoms with Gasteiger partial charge in [-0.05, 0) is 12.5 Å². The van der Waals surface area contributed by atoms with Gasteiger partial charge in [0.15, 0.2) is 0 Å². The van der Waals surface area contributed by atoms with Gasteiger partial charge in [0.05, 0.1) is 12.4 Å². The van der Waals surface area contributed by atoms with Crippen LogP contribution in [0.1, 0.15) is 17.7 Å². The van der Waals surface area contributed by atoms with Crippen molar-refractivity contribution in [3.8, 4) is 0 Å². The lowest BCUT2D eigenvalue weighted by Gasteiger charge is -2.15. The number of thioether (sulfide) groups is 1. The summed E-state index contributed by atoms with van der Waals surface area (Å²) < 4.78 is 4.84. The summed E-state index contributed by atoms with van der Waals surface area (Å²) in [6.07, 6.45) is 0. The van der Waals surface area contributed by atoms with Gasteiger partial charge in [0.1, 0.15) is 5.25 Å². The van der Waals surface area contributed by atoms with Gasteiger partial charge in [0, 0.05) is 7.05 Å². The first-order chi connectivity index (χ1) is 10.1. The van der Waals surface area contributed by atoms with Crippen molar-refractivity contribution in [3.63, 3.8) is 0 Å². The summed E-state index contributed by atoms with van der Waals surface area (Å²) >= 11 is 1.12. The van der Waals surface area contributed by atoms with Crippen molar-refractivity contribution < 1.29 is 19.1 Å². The van der Waals surface area contributed by atoms with Crippen LogP contribution in [0.2, 0.25) is 0 Å². The Morgan fingerprint density at radius 3 is 2.48 bits per heavy atom. The molecule has 21 heavy (non-hydrogen) atoms. The van der Waals surface area contributed by atoms with Crippen LogP contribution in [-0.2, 0) is 14.3 Å². The average Bonchev–Trinajstić information content (AvgIpc) is 2.48. The molecular formula is C14H18N2O4S. The highest BCUT2D eigenvalue weighted by molar-refractivity contribution is 8.00. The maximum Gasteiger partial charge on any atom is 0.321 e. The van der Waals surface area contributed by atoms with Gasteiger partial charge in [-0.25, -0.2) is 4.79 Å². The second-order valence-electron chi connectivity index (χ2n) is 3.98. The molecule has 6 nitrogen and oxygen atoms in total. The zero-order chi connectivity index (χ0) is 15.7. The Labute approximate surface area is 127 Å². The molecule has 0 aromatic heterocycles. The lowest BCUT2D eigenvalue weighted by Crippen LogP contribution is -2.39. The van der Waals surface area contributed by atoms with E-state index in [1.807, 2.05) is 6.07 Å². The number of imide groups is 1. The van der Waals surface area contributed by atoms with Crippen molar-refractivity contribution in [2.24, 2.45) is 0 Å². The lowest BCUT2D eigenvalue weighted by molar-refractivity contribution is -0.139. The first-order valence-electron chi connectivity index (χ1n) is 6.43. The number of amides is 3. The molecule has 0 saturated carbocycles. The number of nitrogens with one attached hydrogen (secondary N) is 2. The number of rotatable bonds is 6. The molecule has 2 N–H and O–H groups in total. The Balaban J connectivity index is 2.78. The molecule has 0 saturated heterocycles. The van der Waals surface area contributed by atoms with Crippen molar-refractivity contribution in [3.05, 3.63) is 35.9 Å². The number of esters is 1. The molecule has 0 spiro atoms. The van der Waals surface area contributed by atoms with E-state index < -0.39 is 23.2 Å². The summed E-state index contributed by atoms with van der Waals surface area (Å²) in [4.78, 5) is 34.8. The Morgan fingerprint density at radius 2 is 1.90 bits per heavy atom. The van der Waals surface area contributed by atoms with Gasteiger partial charge in [0.2, 0.25) is 5.91 Å². The predicted molar refractivity (Wildman–Crippen MR) is 80.9 cm³/mol. The van der Waals surface area contributed by atoms with Crippen molar-refractivity contribution in [2.75, 3.05) is 19.4 Å². The number of hydrogen-bond acceptors (Lipinski definition) is 5. The smallest absolute Gasteiger partial charge is 0.321 e. The Bertz CT molecular complexity index is 493. The van der Waals surface area contributed by atoms with E-state index in [-0.39, 0.29) is 5.75 Å². The van der Waals surface area contributed by atoms with Crippen LogP contribution in [0.3, 0.4) is 0 Å². The highest BCUT2D eigenvalue weighted by Crippen LogP contribution is 2.29. The van der Waals surface area contributed by atoms with Gasteiger partial charge in [-0.1, -0.05) is 30.3 Å². The fraction of sp³-hybridized carbons (Fsp3) is 0.357. The molecule has 1 unspecified atom stereocenters. The van der Waals surface area contributed by atoms with E-state index >= 15 is 0 Å². The minimum Gasteiger partial charge on any atom is -0.465 e. The van der Waals surface area contributed by atoms with Crippen LogP contribution >= 0.6 is 11.8 Å². The molecule has 0 aliphatic rings. The Hall–Kier alpha value is -2.02. The highest BCUT2D eigenvalue weighted by atomic mass is 32.2. The molecule has 0 aliphatic heterocycles. The fourth-order valence-corrected chi connectivity index (χ4v) is 2.49. The number of carbonyl (C=O) groups excluding carboxylic acids is 3. The number of carbonyl (C=O) groups is 3. The Kier molecular flexibility index (Phi) is 7.31. The number of benzene rings is 1. The van der Waals surface area contributed by atoms with Gasteiger partial charge in [-0.15, -0.1) is 11.8 Å². The summed E-state index contributed by atoms with van der Waals surface area (Å²) in [5.41, 5.74) is 0.716. The largest absolute Gasteiger partial charge is 0.465 e. The summed E-state index contributed by atoms with van der Waals surface area (Å²) in [5.74, 6) is -0.833. The van der Waals surface area contributed by atoms with Crippen LogP contribution in [0.4, 0.5) is 4.79 Å². The maximum absolute atomic E-state index is 12.1. The second kappa shape index (κ2) is 9.02. The van der Waals surface area contributed by atoms with E-state index in [2.05, 4.69) is 10.6 Å². The minimum absolute atomic E-state index is 0.0363. The molecule has 1 aromatic carbocycles. The Morgan fingerprint density at radius 1 is 1.24 bits per heavy atom. The minimum atomic E-state index is -0.659. The normalized spacial score (nSPS) is 11.3. The average molecular weight is 310 g/mol. The summed E-state index contributed by atoms with van der Waals surface area (Å²) in [7, 11) is 1.42. The van der Waals surface area contributed by atoms with E-state index in [1.54, 1.807) is 31.2 Å². The third-order valence-electron chi connectivity index (χ3n) is 2.48. The van der Waals surface area contributed by atoms with Gasteiger partial charge < -0.3 is 10.1 Å². The van der Waals surface area contributed by atoms with Gasteiger partial charge in [0.25, 0.3) is 0 Å². The molecule has 3 amide bonds. The predicted octanol–water partition coefficient (Wildman–Crippen LogP) is 1.48. The molecule has 1 atom stereocenters. The van der Waals surface area contributed by atoms with Crippen molar-refractivity contribution >= 4 is 29.7 Å². The molecular weight excluding hydrogens is 292 g/mol. The second-order valence-corrected chi connectivity index (χ2v) is 5.07. The molecule has 0 fully saturated rings. The lowest BCUT2D eigenvalue weighted by atomic mass is 10.1. The highest BCUT2D eigenvalue weighted by Gasteiger charge is 2.23. The van der Waals surface area contributed by atoms with E-state index in [4.69, 9.17) is 4.74 Å². The SMILES string of the molecule is CCOC(=O)CSC(C(=O)NC(=O)NC)c1ccccc1. The van der Waals surface area contributed by atoms with Gasteiger partial charge >= 0.3 is 12.0 Å². The molecule has 114 valence electrons. The molecule has 0 heterocycles. The van der Waals surface area contributed by atoms with Gasteiger partial charge in [-0.2, -0.15) is 0 Å². The van der Waals surface area contributed by atoms with Crippen molar-refractivity contribution in [1.82, 2.24) is 10.6 Å². The topological polar surface area (TPSA) is 84.5 Å². The fourth-order valence-electron chi connectivity index (χ4n) is 1.55. The first-order valence-corrected chi connectivity index (χ1v) is 7.48. The first kappa shape index (κ1) is 17.0. The third-order valence-corrected chi connectivity index (χ3v) is 3.70. The number of ether oxygens (including phenoxy) is 1. The van der Waals surface area contributed by atoms with Crippen molar-refractivity contribution in [2.45, 2.75) is 12.2 Å². The number of hydrogen-bond donors (Lipinski definition) is 2. The molecule has 7 heteroatoms. The summed E-state index contributed by atoms with van der Waals surface area (Å²) in [5, 5.41) is 3.88. The quantitative estimate of drug-likeness (QED) is 0.778. The molecule has 0 aliphatic carbocycles. The summed E-state index contributed by atoms with van der Waals surface area (Å²) in [6, 6.07) is 8.37. The van der Waals surface area contributed by atoms with Crippen LogP contribution in [0.5, 0.6) is 0 Å². The molecule has 1 rings (SSSR count). The third kappa shape index (κ3) is 5.86. The van der Waals surface area contributed by atoms with E-state index in [9.17, 15) is 14.4 Å². The van der Waals surface area contributed by atoms with Crippen LogP contribution < -0.4 is 10.6 Å². The zero-order valence-electron chi connectivity index (χ0n) is 11.9.